The number of nitrogens with zero attached hydrogens (tertiary/aromatic N) is 2. The molecule has 0 amide bonds. The topological polar surface area (TPSA) is 150 Å². The molecule has 1 rings (SSSR count). The number of hydrogen-bond donors (Lipinski definition) is 1. The molecular weight excluding hydrogens is 288 g/mol. The molecule has 0 saturated heterocycles. The number of nitro benzene ring substituents is 2. The number of rotatable bonds is 7. The molecule has 10 heteroatoms. The molecule has 0 aliphatic rings. The lowest BCUT2D eigenvalue weighted by molar-refractivity contribution is -0.394. The Kier molecular flexibility index (Phi) is 5.29. The standard InChI is InChI=1S/C11H10N2O8/c14-10(15)1-2-11(16)21-6-7-3-8(12(17)18)5-9(4-7)13(19)20/h3-5H,1-2,6H2,(H,14,15). The summed E-state index contributed by atoms with van der Waals surface area (Å²) in [6, 6.07) is 2.87. The van der Waals surface area contributed by atoms with Crippen molar-refractivity contribution in [2.24, 2.45) is 0 Å². The van der Waals surface area contributed by atoms with Crippen LogP contribution in [0.4, 0.5) is 11.4 Å². The van der Waals surface area contributed by atoms with Crippen LogP contribution in [0.3, 0.4) is 0 Å². The van der Waals surface area contributed by atoms with E-state index >= 15 is 0 Å². The van der Waals surface area contributed by atoms with Gasteiger partial charge in [0.05, 0.1) is 28.8 Å². The van der Waals surface area contributed by atoms with Gasteiger partial charge in [-0.1, -0.05) is 0 Å². The average Bonchev–Trinajstić information content (AvgIpc) is 2.42. The Bertz CT molecular complexity index is 566. The molecule has 0 spiro atoms. The van der Waals surface area contributed by atoms with E-state index in [1.165, 1.54) is 0 Å². The third-order valence-corrected chi connectivity index (χ3v) is 2.33. The van der Waals surface area contributed by atoms with Crippen molar-refractivity contribution in [1.29, 1.82) is 0 Å². The van der Waals surface area contributed by atoms with Crippen LogP contribution in [0.1, 0.15) is 18.4 Å². The fraction of sp³-hybridized carbons (Fsp3) is 0.273. The lowest BCUT2D eigenvalue weighted by Gasteiger charge is -2.04. The predicted molar refractivity (Wildman–Crippen MR) is 66.4 cm³/mol. The Morgan fingerprint density at radius 2 is 1.57 bits per heavy atom. The van der Waals surface area contributed by atoms with Crippen LogP contribution in [-0.4, -0.2) is 26.9 Å². The Balaban J connectivity index is 2.78. The zero-order valence-electron chi connectivity index (χ0n) is 10.6. The summed E-state index contributed by atoms with van der Waals surface area (Å²) in [5.41, 5.74) is -0.929. The van der Waals surface area contributed by atoms with Crippen molar-refractivity contribution in [3.8, 4) is 0 Å². The lowest BCUT2D eigenvalue weighted by Crippen LogP contribution is -2.07. The van der Waals surface area contributed by atoms with Crippen LogP contribution < -0.4 is 0 Å². The first-order chi connectivity index (χ1) is 9.79. The van der Waals surface area contributed by atoms with Crippen molar-refractivity contribution < 1.29 is 29.3 Å². The fourth-order valence-corrected chi connectivity index (χ4v) is 1.40. The van der Waals surface area contributed by atoms with Gasteiger partial charge >= 0.3 is 11.9 Å². The smallest absolute Gasteiger partial charge is 0.306 e. The molecular formula is C11H10N2O8. The Hall–Kier alpha value is -3.04. The van der Waals surface area contributed by atoms with Gasteiger partial charge in [0.25, 0.3) is 11.4 Å². The molecule has 1 aromatic carbocycles. The molecule has 0 saturated carbocycles. The summed E-state index contributed by atoms with van der Waals surface area (Å²) in [5.74, 6) is -1.98. The number of carbonyl (C=O) groups excluding carboxylic acids is 1. The van der Waals surface area contributed by atoms with E-state index in [2.05, 4.69) is 0 Å². The highest BCUT2D eigenvalue weighted by atomic mass is 16.6. The normalized spacial score (nSPS) is 9.90. The van der Waals surface area contributed by atoms with Gasteiger partial charge < -0.3 is 9.84 Å². The van der Waals surface area contributed by atoms with E-state index in [0.29, 0.717) is 0 Å². The summed E-state index contributed by atoms with van der Waals surface area (Å²) in [6.07, 6.45) is -0.764. The number of carbonyl (C=O) groups is 2. The number of aliphatic carboxylic acids is 1. The molecule has 0 aliphatic heterocycles. The van der Waals surface area contributed by atoms with Crippen LogP contribution in [-0.2, 0) is 20.9 Å². The summed E-state index contributed by atoms with van der Waals surface area (Å²) in [5, 5.41) is 29.7. The zero-order chi connectivity index (χ0) is 16.0. The van der Waals surface area contributed by atoms with Gasteiger partial charge in [0, 0.05) is 17.7 Å². The largest absolute Gasteiger partial charge is 0.481 e. The van der Waals surface area contributed by atoms with Crippen LogP contribution >= 0.6 is 0 Å². The third kappa shape index (κ3) is 5.22. The van der Waals surface area contributed by atoms with Crippen molar-refractivity contribution in [2.75, 3.05) is 0 Å². The van der Waals surface area contributed by atoms with Crippen LogP contribution in [0.25, 0.3) is 0 Å². The van der Waals surface area contributed by atoms with Gasteiger partial charge in [0.1, 0.15) is 6.61 Å². The third-order valence-electron chi connectivity index (χ3n) is 2.33. The van der Waals surface area contributed by atoms with Crippen molar-refractivity contribution in [3.05, 3.63) is 44.0 Å². The molecule has 0 radical (unpaired) electrons. The summed E-state index contributed by atoms with van der Waals surface area (Å²) in [4.78, 5) is 41.2. The minimum Gasteiger partial charge on any atom is -0.481 e. The van der Waals surface area contributed by atoms with E-state index in [0.717, 1.165) is 18.2 Å². The van der Waals surface area contributed by atoms with Gasteiger partial charge in [0.2, 0.25) is 0 Å². The highest BCUT2D eigenvalue weighted by Gasteiger charge is 2.17. The minimum absolute atomic E-state index is 0.0691. The minimum atomic E-state index is -1.17. The number of non-ortho nitro benzene ring substituents is 2. The number of esters is 1. The van der Waals surface area contributed by atoms with E-state index in [1.54, 1.807) is 0 Å². The Morgan fingerprint density at radius 1 is 1.05 bits per heavy atom. The maximum absolute atomic E-state index is 11.2. The van der Waals surface area contributed by atoms with Crippen LogP contribution in [0.15, 0.2) is 18.2 Å². The van der Waals surface area contributed by atoms with Crippen LogP contribution in [0, 0.1) is 20.2 Å². The van der Waals surface area contributed by atoms with Crippen LogP contribution in [0.2, 0.25) is 0 Å². The van der Waals surface area contributed by atoms with Gasteiger partial charge in [-0.05, 0) is 0 Å². The summed E-state index contributed by atoms with van der Waals surface area (Å²) in [7, 11) is 0. The van der Waals surface area contributed by atoms with Gasteiger partial charge in [-0.25, -0.2) is 0 Å². The molecule has 0 unspecified atom stereocenters. The number of nitro groups is 2. The van der Waals surface area contributed by atoms with Crippen molar-refractivity contribution in [1.82, 2.24) is 0 Å². The Morgan fingerprint density at radius 3 is 2.00 bits per heavy atom. The second kappa shape index (κ2) is 6.93. The van der Waals surface area contributed by atoms with E-state index in [9.17, 15) is 29.8 Å². The molecule has 112 valence electrons. The van der Waals surface area contributed by atoms with Crippen molar-refractivity contribution >= 4 is 23.3 Å². The molecule has 0 aliphatic carbocycles. The first-order valence-corrected chi connectivity index (χ1v) is 5.59. The van der Waals surface area contributed by atoms with E-state index in [1.807, 2.05) is 0 Å². The zero-order valence-corrected chi connectivity index (χ0v) is 10.6. The first kappa shape index (κ1) is 16.0. The lowest BCUT2D eigenvalue weighted by atomic mass is 10.2. The number of carboxylic acids is 1. The molecule has 0 atom stereocenters. The maximum Gasteiger partial charge on any atom is 0.306 e. The molecule has 1 aromatic rings. The highest BCUT2D eigenvalue weighted by molar-refractivity contribution is 5.76. The van der Waals surface area contributed by atoms with Gasteiger partial charge in [0.15, 0.2) is 0 Å². The highest BCUT2D eigenvalue weighted by Crippen LogP contribution is 2.23. The molecule has 10 nitrogen and oxygen atoms in total. The number of hydrogen-bond acceptors (Lipinski definition) is 7. The predicted octanol–water partition coefficient (Wildman–Crippen LogP) is 1.41. The molecule has 21 heavy (non-hydrogen) atoms. The average molecular weight is 298 g/mol. The molecule has 0 aromatic heterocycles. The summed E-state index contributed by atoms with van der Waals surface area (Å²) in [6.45, 7) is -0.416. The van der Waals surface area contributed by atoms with Crippen molar-refractivity contribution in [2.45, 2.75) is 19.4 Å². The molecule has 0 fully saturated rings. The monoisotopic (exact) mass is 298 g/mol. The molecule has 0 bridgehead atoms. The van der Waals surface area contributed by atoms with E-state index in [4.69, 9.17) is 9.84 Å². The van der Waals surface area contributed by atoms with Crippen LogP contribution in [0.5, 0.6) is 0 Å². The summed E-state index contributed by atoms with van der Waals surface area (Å²) < 4.78 is 4.70. The maximum atomic E-state index is 11.2. The van der Waals surface area contributed by atoms with E-state index < -0.39 is 46.2 Å². The van der Waals surface area contributed by atoms with Gasteiger partial charge in [-0.15, -0.1) is 0 Å². The SMILES string of the molecule is O=C(O)CCC(=O)OCc1cc([N+](=O)[O-])cc([N+](=O)[O-])c1. The molecule has 0 heterocycles. The number of carboxylic acid groups (broad SMARTS) is 1. The van der Waals surface area contributed by atoms with Crippen molar-refractivity contribution in [3.63, 3.8) is 0 Å². The molecule has 1 N–H and O–H groups in total. The number of ether oxygens (including phenoxy) is 1. The van der Waals surface area contributed by atoms with E-state index in [-0.39, 0.29) is 12.0 Å². The van der Waals surface area contributed by atoms with Gasteiger partial charge in [-0.2, -0.15) is 0 Å². The Labute approximate surface area is 117 Å². The second-order valence-corrected chi connectivity index (χ2v) is 3.93. The number of benzene rings is 1. The first-order valence-electron chi connectivity index (χ1n) is 5.59. The van der Waals surface area contributed by atoms with Gasteiger partial charge in [-0.3, -0.25) is 29.8 Å². The summed E-state index contributed by atoms with van der Waals surface area (Å²) >= 11 is 0. The fourth-order valence-electron chi connectivity index (χ4n) is 1.40. The quantitative estimate of drug-likeness (QED) is 0.450. The second-order valence-electron chi connectivity index (χ2n) is 3.93.